The lowest BCUT2D eigenvalue weighted by atomic mass is 9.88. The summed E-state index contributed by atoms with van der Waals surface area (Å²) in [6, 6.07) is 15.1. The van der Waals surface area contributed by atoms with Crippen molar-refractivity contribution in [3.8, 4) is 0 Å². The van der Waals surface area contributed by atoms with Gasteiger partial charge >= 0.3 is 5.97 Å². The van der Waals surface area contributed by atoms with Crippen molar-refractivity contribution in [3.63, 3.8) is 0 Å². The van der Waals surface area contributed by atoms with E-state index in [4.69, 9.17) is 22.9 Å². The van der Waals surface area contributed by atoms with E-state index in [1.807, 2.05) is 88.4 Å². The third kappa shape index (κ3) is 22.5. The van der Waals surface area contributed by atoms with E-state index in [1.54, 1.807) is 0 Å². The van der Waals surface area contributed by atoms with E-state index in [0.29, 0.717) is 64.5 Å². The monoisotopic (exact) mass is 826 g/mol. The number of nitrogens with one attached hydrogen (secondary N) is 3. The molecule has 0 saturated carbocycles. The molecule has 59 heavy (non-hydrogen) atoms. The standard InChI is InChI=1S/C42H65N7O7.C2H6.CH4/c1-28(2)23-36(49-40(53)32(24-29-13-5-3-6-14-29)27-37(50)34(46)25-30-15-7-4-8-16-30)38(51)26-31(17-11-20-43)39(52)47-22-10-9-19-35(42(55)56)48-41(54)33(45)18-12-21-44;1-2;/h3-8,13-16,28,31-36H,9-12,17-27,43-46H2,1-2H3,(H,47,52)(H,48,54)(H,49,53)(H,55,56);1-2H3;1H4/t31-,32-,33+,34+,35-,36+;;/m0../s1. The molecule has 2 aromatic carbocycles. The Morgan fingerprint density at radius 3 is 1.68 bits per heavy atom. The Bertz CT molecular complexity index is 1510. The van der Waals surface area contributed by atoms with Crippen LogP contribution in [0.3, 0.4) is 0 Å². The van der Waals surface area contributed by atoms with E-state index >= 15 is 0 Å². The summed E-state index contributed by atoms with van der Waals surface area (Å²) in [5.74, 6) is -4.47. The Balaban J connectivity index is 0.0000110. The number of carbonyl (C=O) groups excluding carboxylic acids is 5. The molecular weight excluding hydrogens is 751 g/mol. The summed E-state index contributed by atoms with van der Waals surface area (Å²) in [6.07, 6.45) is 3.47. The number of amides is 3. The lowest BCUT2D eigenvalue weighted by molar-refractivity contribution is -0.142. The third-order valence-corrected chi connectivity index (χ3v) is 9.73. The smallest absolute Gasteiger partial charge is 0.326 e. The number of hydrogen-bond acceptors (Lipinski definition) is 10. The van der Waals surface area contributed by atoms with Crippen molar-refractivity contribution in [2.75, 3.05) is 19.6 Å². The highest BCUT2D eigenvalue weighted by Gasteiger charge is 2.32. The zero-order valence-corrected chi connectivity index (χ0v) is 35.1. The summed E-state index contributed by atoms with van der Waals surface area (Å²) in [6.45, 7) is 8.81. The molecule has 3 amide bonds. The molecule has 0 fully saturated rings. The number of benzene rings is 2. The molecule has 2 aromatic rings. The Hall–Kier alpha value is -4.50. The van der Waals surface area contributed by atoms with Gasteiger partial charge in [-0.1, -0.05) is 95.8 Å². The van der Waals surface area contributed by atoms with Crippen LogP contribution in [0.15, 0.2) is 60.7 Å². The minimum absolute atomic E-state index is 0. The van der Waals surface area contributed by atoms with Crippen LogP contribution in [-0.4, -0.2) is 84.2 Å². The van der Waals surface area contributed by atoms with E-state index in [-0.39, 0.29) is 63.0 Å². The van der Waals surface area contributed by atoms with E-state index in [2.05, 4.69) is 16.0 Å². The normalized spacial score (nSPS) is 13.8. The van der Waals surface area contributed by atoms with Crippen LogP contribution in [-0.2, 0) is 41.6 Å². The number of carbonyl (C=O) groups is 6. The van der Waals surface area contributed by atoms with Crippen LogP contribution in [0.1, 0.15) is 110 Å². The fourth-order valence-electron chi connectivity index (χ4n) is 6.47. The van der Waals surface area contributed by atoms with Gasteiger partial charge in [0.25, 0.3) is 0 Å². The molecule has 0 unspecified atom stereocenters. The van der Waals surface area contributed by atoms with Gasteiger partial charge in [0, 0.05) is 31.2 Å². The first-order chi connectivity index (χ1) is 27.7. The Kier molecular flexibility index (Phi) is 29.0. The summed E-state index contributed by atoms with van der Waals surface area (Å²) in [5.41, 5.74) is 25.2. The molecule has 0 aliphatic heterocycles. The molecule has 332 valence electrons. The molecule has 6 atom stereocenters. The number of Topliss-reactive ketones (excluding diaryl/α,β-unsaturated/α-hetero) is 2. The van der Waals surface area contributed by atoms with Crippen molar-refractivity contribution < 1.29 is 33.9 Å². The fraction of sp³-hybridized carbons (Fsp3) is 0.600. The number of ketones is 2. The van der Waals surface area contributed by atoms with Crippen LogP contribution in [0.4, 0.5) is 0 Å². The van der Waals surface area contributed by atoms with Gasteiger partial charge in [-0.15, -0.1) is 0 Å². The largest absolute Gasteiger partial charge is 0.480 e. The van der Waals surface area contributed by atoms with E-state index < -0.39 is 53.8 Å². The van der Waals surface area contributed by atoms with Crippen LogP contribution in [0, 0.1) is 17.8 Å². The van der Waals surface area contributed by atoms with Crippen LogP contribution in [0.25, 0.3) is 0 Å². The summed E-state index contributed by atoms with van der Waals surface area (Å²) in [4.78, 5) is 78.7. The number of aliphatic carboxylic acids is 1. The Morgan fingerprint density at radius 1 is 0.610 bits per heavy atom. The number of rotatable bonds is 29. The average molecular weight is 826 g/mol. The van der Waals surface area contributed by atoms with Crippen molar-refractivity contribution >= 4 is 35.3 Å². The molecule has 0 aliphatic rings. The number of carboxylic acids is 1. The van der Waals surface area contributed by atoms with Gasteiger partial charge in [0.1, 0.15) is 6.04 Å². The SMILES string of the molecule is C.CC.CC(C)C[C@@H](NC(=O)[C@H](CC(=O)[C@H](N)Cc1ccccc1)Cc1ccccc1)C(=O)C[C@H](CCCN)C(=O)NCCCC[C@H](NC(=O)[C@H](N)CCCN)C(=O)O. The van der Waals surface area contributed by atoms with Gasteiger partial charge < -0.3 is 44.0 Å². The molecule has 2 rings (SSSR count). The lowest BCUT2D eigenvalue weighted by Crippen LogP contribution is -2.48. The highest BCUT2D eigenvalue weighted by atomic mass is 16.4. The van der Waals surface area contributed by atoms with Crippen LogP contribution in [0.2, 0.25) is 0 Å². The average Bonchev–Trinajstić information content (AvgIpc) is 3.21. The maximum Gasteiger partial charge on any atom is 0.326 e. The van der Waals surface area contributed by atoms with Crippen molar-refractivity contribution in [3.05, 3.63) is 71.8 Å². The quantitative estimate of drug-likeness (QED) is 0.0547. The second kappa shape index (κ2) is 31.4. The maximum atomic E-state index is 14.0. The minimum atomic E-state index is -1.18. The summed E-state index contributed by atoms with van der Waals surface area (Å²) >= 11 is 0. The van der Waals surface area contributed by atoms with Gasteiger partial charge in [0.15, 0.2) is 11.6 Å². The van der Waals surface area contributed by atoms with Crippen molar-refractivity contribution in [2.45, 2.75) is 136 Å². The predicted octanol–water partition coefficient (Wildman–Crippen LogP) is 3.80. The first-order valence-corrected chi connectivity index (χ1v) is 20.9. The minimum Gasteiger partial charge on any atom is -0.480 e. The van der Waals surface area contributed by atoms with Crippen molar-refractivity contribution in [1.82, 2.24) is 16.0 Å². The molecule has 0 aliphatic carbocycles. The molecule has 0 saturated heterocycles. The third-order valence-electron chi connectivity index (χ3n) is 9.73. The van der Waals surface area contributed by atoms with Crippen molar-refractivity contribution in [1.29, 1.82) is 0 Å². The Labute approximate surface area is 352 Å². The molecule has 14 nitrogen and oxygen atoms in total. The van der Waals surface area contributed by atoms with Gasteiger partial charge in [-0.3, -0.25) is 24.0 Å². The first-order valence-electron chi connectivity index (χ1n) is 20.9. The predicted molar refractivity (Wildman–Crippen MR) is 235 cm³/mol. The summed E-state index contributed by atoms with van der Waals surface area (Å²) < 4.78 is 0. The number of carboxylic acid groups (broad SMARTS) is 1. The lowest BCUT2D eigenvalue weighted by Gasteiger charge is -2.25. The molecule has 0 spiro atoms. The van der Waals surface area contributed by atoms with Crippen LogP contribution < -0.4 is 38.9 Å². The van der Waals surface area contributed by atoms with Gasteiger partial charge in [-0.2, -0.15) is 0 Å². The van der Waals surface area contributed by atoms with Crippen molar-refractivity contribution in [2.24, 2.45) is 40.7 Å². The molecule has 12 N–H and O–H groups in total. The molecule has 0 radical (unpaired) electrons. The second-order valence-corrected chi connectivity index (χ2v) is 15.1. The van der Waals surface area contributed by atoms with Gasteiger partial charge in [-0.05, 0) is 94.3 Å². The molecule has 0 aromatic heterocycles. The topological polar surface area (TPSA) is 263 Å². The summed E-state index contributed by atoms with van der Waals surface area (Å²) in [7, 11) is 0. The summed E-state index contributed by atoms with van der Waals surface area (Å²) in [5, 5.41) is 17.9. The number of hydrogen-bond donors (Lipinski definition) is 8. The zero-order valence-electron chi connectivity index (χ0n) is 35.1. The van der Waals surface area contributed by atoms with Crippen LogP contribution in [0.5, 0.6) is 0 Å². The second-order valence-electron chi connectivity index (χ2n) is 15.1. The highest BCUT2D eigenvalue weighted by Crippen LogP contribution is 2.20. The van der Waals surface area contributed by atoms with Gasteiger partial charge in [-0.25, -0.2) is 4.79 Å². The molecule has 0 bridgehead atoms. The maximum absolute atomic E-state index is 14.0. The highest BCUT2D eigenvalue weighted by molar-refractivity contribution is 5.95. The fourth-order valence-corrected chi connectivity index (χ4v) is 6.47. The Morgan fingerprint density at radius 2 is 1.14 bits per heavy atom. The number of unbranched alkanes of at least 4 members (excludes halogenated alkanes) is 1. The van der Waals surface area contributed by atoms with Gasteiger partial charge in [0.2, 0.25) is 17.7 Å². The van der Waals surface area contributed by atoms with Gasteiger partial charge in [0.05, 0.1) is 18.1 Å². The molecule has 0 heterocycles. The molecule has 14 heteroatoms. The number of nitrogens with two attached hydrogens (primary N) is 4. The van der Waals surface area contributed by atoms with E-state index in [9.17, 15) is 33.9 Å². The van der Waals surface area contributed by atoms with E-state index in [0.717, 1.165) is 11.1 Å². The molecular formula is C45H75N7O7. The first kappa shape index (κ1) is 54.5. The van der Waals surface area contributed by atoms with E-state index in [1.165, 1.54) is 0 Å². The van der Waals surface area contributed by atoms with Crippen LogP contribution >= 0.6 is 0 Å². The zero-order chi connectivity index (χ0) is 43.5.